The van der Waals surface area contributed by atoms with Crippen molar-refractivity contribution in [3.8, 4) is 0 Å². The first-order valence-corrected chi connectivity index (χ1v) is 8.24. The highest BCUT2D eigenvalue weighted by atomic mass is 16.4. The van der Waals surface area contributed by atoms with Gasteiger partial charge in [-0.25, -0.2) is 4.79 Å². The number of Topliss-reactive ketones (excluding diaryl/α,β-unsaturated/α-hetero) is 1. The van der Waals surface area contributed by atoms with Crippen molar-refractivity contribution in [3.63, 3.8) is 0 Å². The zero-order chi connectivity index (χ0) is 15.8. The van der Waals surface area contributed by atoms with Gasteiger partial charge in [0.05, 0.1) is 0 Å². The Kier molecular flexibility index (Phi) is 14.0. The van der Waals surface area contributed by atoms with E-state index in [0.29, 0.717) is 12.2 Å². The fourth-order valence-corrected chi connectivity index (χ4v) is 2.13. The van der Waals surface area contributed by atoms with Crippen LogP contribution in [0.3, 0.4) is 0 Å². The second-order valence-electron chi connectivity index (χ2n) is 5.43. The summed E-state index contributed by atoms with van der Waals surface area (Å²) in [6.45, 7) is 2.22. The van der Waals surface area contributed by atoms with E-state index in [-0.39, 0.29) is 0 Å². The van der Waals surface area contributed by atoms with E-state index in [1.165, 1.54) is 44.6 Å². The Morgan fingerprint density at radius 3 is 2.14 bits per heavy atom. The number of carbonyl (C=O) groups is 2. The lowest BCUT2D eigenvalue weighted by atomic mass is 10.0. The number of aliphatic carboxylic acids is 1. The molecular formula is C18H30O3. The molecule has 0 unspecified atom stereocenters. The van der Waals surface area contributed by atoms with Crippen LogP contribution in [0.2, 0.25) is 0 Å². The maximum absolute atomic E-state index is 11.6. The number of hydrogen-bond acceptors (Lipinski definition) is 2. The van der Waals surface area contributed by atoms with Gasteiger partial charge in [0.1, 0.15) is 5.78 Å². The zero-order valence-corrected chi connectivity index (χ0v) is 13.4. The Hall–Kier alpha value is -1.38. The molecule has 0 radical (unpaired) electrons. The van der Waals surface area contributed by atoms with E-state index in [9.17, 15) is 9.59 Å². The third-order valence-corrected chi connectivity index (χ3v) is 3.37. The first-order valence-electron chi connectivity index (χ1n) is 8.24. The molecule has 0 spiro atoms. The summed E-state index contributed by atoms with van der Waals surface area (Å²) in [7, 11) is 0. The number of rotatable bonds is 14. The maximum atomic E-state index is 11.6. The quantitative estimate of drug-likeness (QED) is 0.277. The van der Waals surface area contributed by atoms with Crippen LogP contribution < -0.4 is 0 Å². The van der Waals surface area contributed by atoms with Crippen LogP contribution in [0.1, 0.15) is 77.6 Å². The minimum atomic E-state index is -0.940. The van der Waals surface area contributed by atoms with Gasteiger partial charge < -0.3 is 5.11 Å². The highest BCUT2D eigenvalue weighted by Crippen LogP contribution is 2.10. The Bertz CT molecular complexity index is 329. The Morgan fingerprint density at radius 2 is 1.48 bits per heavy atom. The average Bonchev–Trinajstić information content (AvgIpc) is 2.45. The molecule has 0 saturated heterocycles. The predicted octanol–water partition coefficient (Wildman–Crippen LogP) is 5.06. The molecule has 21 heavy (non-hydrogen) atoms. The molecule has 0 saturated carbocycles. The molecule has 0 aliphatic heterocycles. The smallest absolute Gasteiger partial charge is 0.328 e. The van der Waals surface area contributed by atoms with Gasteiger partial charge in [0.2, 0.25) is 0 Å². The molecule has 0 bridgehead atoms. The summed E-state index contributed by atoms with van der Waals surface area (Å²) in [5, 5.41) is 8.39. The van der Waals surface area contributed by atoms with Gasteiger partial charge in [0.25, 0.3) is 0 Å². The number of carboxylic acid groups (broad SMARTS) is 1. The van der Waals surface area contributed by atoms with Crippen molar-refractivity contribution in [2.75, 3.05) is 0 Å². The van der Waals surface area contributed by atoms with Gasteiger partial charge >= 0.3 is 5.97 Å². The summed E-state index contributed by atoms with van der Waals surface area (Å²) in [6, 6.07) is 0. The largest absolute Gasteiger partial charge is 0.478 e. The molecule has 0 rings (SSSR count). The van der Waals surface area contributed by atoms with Gasteiger partial charge in [-0.2, -0.15) is 0 Å². The second-order valence-corrected chi connectivity index (χ2v) is 5.43. The maximum Gasteiger partial charge on any atom is 0.328 e. The van der Waals surface area contributed by atoms with E-state index in [2.05, 4.69) is 6.92 Å². The van der Waals surface area contributed by atoms with Crippen molar-refractivity contribution in [1.29, 1.82) is 0 Å². The molecule has 0 heterocycles. The van der Waals surface area contributed by atoms with Crippen LogP contribution in [-0.4, -0.2) is 16.9 Å². The molecule has 0 fully saturated rings. The van der Waals surface area contributed by atoms with Crippen molar-refractivity contribution in [3.05, 3.63) is 24.3 Å². The fraction of sp³-hybridized carbons (Fsp3) is 0.667. The molecular weight excluding hydrogens is 264 g/mol. The first-order chi connectivity index (χ1) is 10.2. The number of hydrogen-bond donors (Lipinski definition) is 1. The number of carboxylic acids is 1. The van der Waals surface area contributed by atoms with Crippen molar-refractivity contribution in [2.24, 2.45) is 0 Å². The molecule has 0 amide bonds. The molecule has 120 valence electrons. The van der Waals surface area contributed by atoms with Crippen LogP contribution in [0.15, 0.2) is 24.3 Å². The number of allylic oxidation sites excluding steroid dienone is 3. The molecule has 0 aliphatic carbocycles. The lowest BCUT2D eigenvalue weighted by molar-refractivity contribution is -0.131. The number of ketones is 1. The van der Waals surface area contributed by atoms with E-state index in [0.717, 1.165) is 31.8 Å². The van der Waals surface area contributed by atoms with Crippen LogP contribution in [-0.2, 0) is 9.59 Å². The number of carbonyl (C=O) groups excluding carboxylic acids is 1. The van der Waals surface area contributed by atoms with Crippen molar-refractivity contribution in [2.45, 2.75) is 77.6 Å². The summed E-state index contributed by atoms with van der Waals surface area (Å²) in [5.74, 6) is -0.581. The van der Waals surface area contributed by atoms with Crippen LogP contribution in [0.5, 0.6) is 0 Å². The monoisotopic (exact) mass is 294 g/mol. The minimum absolute atomic E-state index is 0.359. The molecule has 0 atom stereocenters. The molecule has 0 aromatic carbocycles. The van der Waals surface area contributed by atoms with Gasteiger partial charge in [-0.1, -0.05) is 63.7 Å². The molecule has 0 aromatic rings. The topological polar surface area (TPSA) is 54.4 Å². The second kappa shape index (κ2) is 15.0. The van der Waals surface area contributed by atoms with Gasteiger partial charge in [-0.15, -0.1) is 0 Å². The molecule has 0 aliphatic rings. The summed E-state index contributed by atoms with van der Waals surface area (Å²) in [6.07, 6.45) is 18.0. The zero-order valence-electron chi connectivity index (χ0n) is 13.4. The molecule has 3 heteroatoms. The lowest BCUT2D eigenvalue weighted by Crippen LogP contribution is -1.97. The van der Waals surface area contributed by atoms with Crippen LogP contribution in [0.25, 0.3) is 0 Å². The minimum Gasteiger partial charge on any atom is -0.478 e. The standard InChI is InChI=1S/C18H30O3/c1-2-3-4-5-6-8-11-14-17(19)15-12-9-7-10-13-16-18(20)21/h7,10,13,16H,2-6,8-9,11-12,14-15H2,1H3,(H,20,21). The summed E-state index contributed by atoms with van der Waals surface area (Å²) in [4.78, 5) is 21.9. The Morgan fingerprint density at radius 1 is 0.857 bits per heavy atom. The molecule has 0 aromatic heterocycles. The van der Waals surface area contributed by atoms with Crippen molar-refractivity contribution >= 4 is 11.8 Å². The number of unbranched alkanes of at least 4 members (excludes halogenated alkanes) is 7. The van der Waals surface area contributed by atoms with Crippen LogP contribution >= 0.6 is 0 Å². The van der Waals surface area contributed by atoms with Crippen LogP contribution in [0.4, 0.5) is 0 Å². The predicted molar refractivity (Wildman–Crippen MR) is 87.4 cm³/mol. The van der Waals surface area contributed by atoms with E-state index in [1.54, 1.807) is 6.08 Å². The van der Waals surface area contributed by atoms with Gasteiger partial charge in [-0.05, 0) is 19.3 Å². The molecule has 1 N–H and O–H groups in total. The summed E-state index contributed by atoms with van der Waals surface area (Å²) >= 11 is 0. The average molecular weight is 294 g/mol. The van der Waals surface area contributed by atoms with Crippen molar-refractivity contribution < 1.29 is 14.7 Å². The van der Waals surface area contributed by atoms with E-state index in [4.69, 9.17) is 5.11 Å². The van der Waals surface area contributed by atoms with Gasteiger partial charge in [0.15, 0.2) is 0 Å². The van der Waals surface area contributed by atoms with E-state index >= 15 is 0 Å². The third kappa shape index (κ3) is 16.6. The summed E-state index contributed by atoms with van der Waals surface area (Å²) in [5.41, 5.74) is 0. The highest BCUT2D eigenvalue weighted by Gasteiger charge is 2.00. The third-order valence-electron chi connectivity index (χ3n) is 3.37. The Labute approximate surface area is 129 Å². The fourth-order valence-electron chi connectivity index (χ4n) is 2.13. The highest BCUT2D eigenvalue weighted by molar-refractivity contribution is 5.80. The molecule has 3 nitrogen and oxygen atoms in total. The van der Waals surface area contributed by atoms with E-state index < -0.39 is 5.97 Å². The normalized spacial score (nSPS) is 11.5. The lowest BCUT2D eigenvalue weighted by Gasteiger charge is -2.01. The van der Waals surface area contributed by atoms with Crippen molar-refractivity contribution in [1.82, 2.24) is 0 Å². The van der Waals surface area contributed by atoms with E-state index in [1.807, 2.05) is 6.08 Å². The van der Waals surface area contributed by atoms with Gasteiger partial charge in [0, 0.05) is 18.9 Å². The Balaban J connectivity index is 3.36. The first kappa shape index (κ1) is 19.6. The van der Waals surface area contributed by atoms with Gasteiger partial charge in [-0.3, -0.25) is 4.79 Å². The SMILES string of the molecule is CCCCCCCCCC(=O)CCCC=CC=CC(=O)O. The summed E-state index contributed by atoms with van der Waals surface area (Å²) < 4.78 is 0. The van der Waals surface area contributed by atoms with Crippen LogP contribution in [0, 0.1) is 0 Å².